The van der Waals surface area contributed by atoms with Crippen LogP contribution in [0.15, 0.2) is 24.3 Å². The first-order chi connectivity index (χ1) is 10.1. The Hall–Kier alpha value is -0.900. The molecule has 0 bridgehead atoms. The summed E-state index contributed by atoms with van der Waals surface area (Å²) in [5, 5.41) is 10.6. The van der Waals surface area contributed by atoms with Gasteiger partial charge in [0.1, 0.15) is 0 Å². The summed E-state index contributed by atoms with van der Waals surface area (Å²) in [5.74, 6) is 0. The number of aliphatic hydroxyl groups excluding tert-OH is 1. The van der Waals surface area contributed by atoms with Crippen LogP contribution in [0.5, 0.6) is 0 Å². The highest BCUT2D eigenvalue weighted by molar-refractivity contribution is 5.24. The molecule has 1 aliphatic rings. The zero-order valence-corrected chi connectivity index (χ0v) is 13.9. The Labute approximate surface area is 129 Å². The number of likely N-dealkylation sites (tertiary alicyclic amines) is 1. The fraction of sp³-hybridized carbons (Fsp3) is 0.667. The quantitative estimate of drug-likeness (QED) is 0.873. The monoisotopic (exact) mass is 290 g/mol. The Morgan fingerprint density at radius 2 is 1.86 bits per heavy atom. The maximum atomic E-state index is 10.6. The van der Waals surface area contributed by atoms with Crippen LogP contribution in [0.3, 0.4) is 0 Å². The van der Waals surface area contributed by atoms with Gasteiger partial charge in [-0.1, -0.05) is 43.7 Å². The molecule has 1 N–H and O–H groups in total. The highest BCUT2D eigenvalue weighted by Gasteiger charge is 2.32. The smallest absolute Gasteiger partial charge is 0.0942 e. The van der Waals surface area contributed by atoms with E-state index in [0.717, 1.165) is 31.7 Å². The van der Waals surface area contributed by atoms with Gasteiger partial charge in [-0.3, -0.25) is 9.80 Å². The van der Waals surface area contributed by atoms with Crippen molar-refractivity contribution in [2.24, 2.45) is 0 Å². The van der Waals surface area contributed by atoms with Crippen LogP contribution in [0.4, 0.5) is 0 Å². The lowest BCUT2D eigenvalue weighted by Gasteiger charge is -2.31. The second-order valence-corrected chi connectivity index (χ2v) is 6.25. The molecule has 1 aromatic carbocycles. The molecule has 0 amide bonds. The van der Waals surface area contributed by atoms with Gasteiger partial charge < -0.3 is 5.11 Å². The van der Waals surface area contributed by atoms with Gasteiger partial charge in [0.25, 0.3) is 0 Å². The van der Waals surface area contributed by atoms with Crippen LogP contribution in [0.2, 0.25) is 0 Å². The maximum absolute atomic E-state index is 10.6. The van der Waals surface area contributed by atoms with E-state index in [9.17, 15) is 5.11 Å². The molecule has 0 radical (unpaired) electrons. The number of aryl methyl sites for hydroxylation is 1. The first kappa shape index (κ1) is 16.5. The van der Waals surface area contributed by atoms with E-state index in [2.05, 4.69) is 61.8 Å². The maximum Gasteiger partial charge on any atom is 0.0942 e. The first-order valence-corrected chi connectivity index (χ1v) is 8.29. The lowest BCUT2D eigenvalue weighted by molar-refractivity contribution is 0.0663. The molecule has 2 rings (SSSR count). The molecule has 1 saturated heterocycles. The molecule has 1 heterocycles. The minimum Gasteiger partial charge on any atom is -0.387 e. The third-order valence-electron chi connectivity index (χ3n) is 4.98. The van der Waals surface area contributed by atoms with Crippen LogP contribution >= 0.6 is 0 Å². The normalized spacial score (nSPS) is 22.7. The molecule has 3 unspecified atom stereocenters. The van der Waals surface area contributed by atoms with Crippen LogP contribution in [0.25, 0.3) is 0 Å². The first-order valence-electron chi connectivity index (χ1n) is 8.29. The molecular formula is C18H30N2O. The van der Waals surface area contributed by atoms with E-state index in [1.54, 1.807) is 0 Å². The predicted molar refractivity (Wildman–Crippen MR) is 88.5 cm³/mol. The molecule has 3 nitrogen and oxygen atoms in total. The predicted octanol–water partition coefficient (Wildman–Crippen LogP) is 2.83. The van der Waals surface area contributed by atoms with Crippen molar-refractivity contribution in [2.75, 3.05) is 26.2 Å². The van der Waals surface area contributed by atoms with Crippen LogP contribution in [-0.2, 0) is 0 Å². The van der Waals surface area contributed by atoms with Crippen molar-refractivity contribution in [2.45, 2.75) is 52.3 Å². The van der Waals surface area contributed by atoms with Gasteiger partial charge in [0.15, 0.2) is 0 Å². The summed E-state index contributed by atoms with van der Waals surface area (Å²) in [5.41, 5.74) is 2.26. The SMILES string of the molecule is CCN(CC)C1CCN(C(C)C(O)c2ccc(C)cc2)C1. The van der Waals surface area contributed by atoms with Gasteiger partial charge in [-0.25, -0.2) is 0 Å². The van der Waals surface area contributed by atoms with Gasteiger partial charge in [-0.15, -0.1) is 0 Å². The molecule has 3 heteroatoms. The lowest BCUT2D eigenvalue weighted by atomic mass is 10.0. The van der Waals surface area contributed by atoms with Gasteiger partial charge >= 0.3 is 0 Å². The van der Waals surface area contributed by atoms with Crippen molar-refractivity contribution in [3.63, 3.8) is 0 Å². The summed E-state index contributed by atoms with van der Waals surface area (Å²) in [4.78, 5) is 4.97. The second kappa shape index (κ2) is 7.39. The minimum absolute atomic E-state index is 0.174. The number of likely N-dealkylation sites (N-methyl/N-ethyl adjacent to an activating group) is 1. The average molecular weight is 290 g/mol. The van der Waals surface area contributed by atoms with Crippen LogP contribution in [0, 0.1) is 6.92 Å². The van der Waals surface area contributed by atoms with E-state index >= 15 is 0 Å². The average Bonchev–Trinajstić information content (AvgIpc) is 2.97. The molecule has 0 spiro atoms. The summed E-state index contributed by atoms with van der Waals surface area (Å²) in [7, 11) is 0. The van der Waals surface area contributed by atoms with Crippen molar-refractivity contribution in [1.29, 1.82) is 0 Å². The van der Waals surface area contributed by atoms with Gasteiger partial charge in [-0.2, -0.15) is 0 Å². The molecule has 3 atom stereocenters. The zero-order valence-electron chi connectivity index (χ0n) is 13.9. The standard InChI is InChI=1S/C18H30N2O/c1-5-19(6-2)17-11-12-20(13-17)15(4)18(21)16-9-7-14(3)8-10-16/h7-10,15,17-18,21H,5-6,11-13H2,1-4H3. The molecule has 0 saturated carbocycles. The number of hydrogen-bond donors (Lipinski definition) is 1. The number of aliphatic hydroxyl groups is 1. The molecule has 1 aromatic rings. The highest BCUT2D eigenvalue weighted by Crippen LogP contribution is 2.26. The van der Waals surface area contributed by atoms with Gasteiger partial charge in [0.2, 0.25) is 0 Å². The molecule has 0 aromatic heterocycles. The number of nitrogens with zero attached hydrogens (tertiary/aromatic N) is 2. The Morgan fingerprint density at radius 3 is 2.43 bits per heavy atom. The summed E-state index contributed by atoms with van der Waals surface area (Å²) in [6.07, 6.45) is 0.813. The Morgan fingerprint density at radius 1 is 1.24 bits per heavy atom. The number of hydrogen-bond acceptors (Lipinski definition) is 3. The highest BCUT2D eigenvalue weighted by atomic mass is 16.3. The van der Waals surface area contributed by atoms with Gasteiger partial charge in [0, 0.05) is 25.2 Å². The van der Waals surface area contributed by atoms with E-state index < -0.39 is 6.10 Å². The molecule has 21 heavy (non-hydrogen) atoms. The fourth-order valence-corrected chi connectivity index (χ4v) is 3.42. The summed E-state index contributed by atoms with van der Waals surface area (Å²) >= 11 is 0. The van der Waals surface area contributed by atoms with Gasteiger partial charge in [0.05, 0.1) is 6.10 Å². The second-order valence-electron chi connectivity index (χ2n) is 6.25. The van der Waals surface area contributed by atoms with Crippen molar-refractivity contribution in [3.8, 4) is 0 Å². The van der Waals surface area contributed by atoms with Crippen molar-refractivity contribution in [1.82, 2.24) is 9.80 Å². The molecular weight excluding hydrogens is 260 g/mol. The zero-order chi connectivity index (χ0) is 15.4. The van der Waals surface area contributed by atoms with E-state index in [0.29, 0.717) is 6.04 Å². The largest absolute Gasteiger partial charge is 0.387 e. The Kier molecular flexibility index (Phi) is 5.80. The molecule has 118 valence electrons. The van der Waals surface area contributed by atoms with Gasteiger partial charge in [-0.05, 0) is 38.9 Å². The Bertz CT molecular complexity index is 427. The summed E-state index contributed by atoms with van der Waals surface area (Å²) < 4.78 is 0. The Balaban J connectivity index is 1.97. The number of benzene rings is 1. The lowest BCUT2D eigenvalue weighted by Crippen LogP contribution is -2.41. The fourth-order valence-electron chi connectivity index (χ4n) is 3.42. The third kappa shape index (κ3) is 3.85. The minimum atomic E-state index is -0.402. The van der Waals surface area contributed by atoms with Crippen molar-refractivity contribution < 1.29 is 5.11 Å². The molecule has 1 aliphatic heterocycles. The van der Waals surface area contributed by atoms with E-state index in [-0.39, 0.29) is 6.04 Å². The molecule has 0 aliphatic carbocycles. The van der Waals surface area contributed by atoms with E-state index in [1.165, 1.54) is 12.0 Å². The van der Waals surface area contributed by atoms with Crippen molar-refractivity contribution in [3.05, 3.63) is 35.4 Å². The van der Waals surface area contributed by atoms with Crippen LogP contribution < -0.4 is 0 Å². The summed E-state index contributed by atoms with van der Waals surface area (Å²) in [6.45, 7) is 13.1. The van der Waals surface area contributed by atoms with Crippen molar-refractivity contribution >= 4 is 0 Å². The third-order valence-corrected chi connectivity index (χ3v) is 4.98. The van der Waals surface area contributed by atoms with E-state index in [4.69, 9.17) is 0 Å². The molecule has 1 fully saturated rings. The summed E-state index contributed by atoms with van der Waals surface area (Å²) in [6, 6.07) is 9.08. The van der Waals surface area contributed by atoms with E-state index in [1.807, 2.05) is 0 Å². The van der Waals surface area contributed by atoms with Crippen LogP contribution in [0.1, 0.15) is 44.4 Å². The van der Waals surface area contributed by atoms with Crippen LogP contribution in [-0.4, -0.2) is 53.2 Å². The number of rotatable bonds is 6. The topological polar surface area (TPSA) is 26.7 Å².